The Labute approximate surface area is 106 Å². The number of hydrogen-bond donors (Lipinski definition) is 0. The predicted octanol–water partition coefficient (Wildman–Crippen LogP) is 3.30. The van der Waals surface area contributed by atoms with Crippen molar-refractivity contribution in [3.8, 4) is 0 Å². The predicted molar refractivity (Wildman–Crippen MR) is 68.6 cm³/mol. The van der Waals surface area contributed by atoms with Gasteiger partial charge in [-0.05, 0) is 24.1 Å². The van der Waals surface area contributed by atoms with Gasteiger partial charge in [-0.25, -0.2) is 0 Å². The van der Waals surface area contributed by atoms with Gasteiger partial charge in [-0.1, -0.05) is 17.7 Å². The molecule has 4 heteroatoms. The van der Waals surface area contributed by atoms with Crippen LogP contribution in [-0.2, 0) is 10.6 Å². The van der Waals surface area contributed by atoms with Crippen LogP contribution in [0.3, 0.4) is 0 Å². The summed E-state index contributed by atoms with van der Waals surface area (Å²) in [5.41, 5.74) is 2.27. The lowest BCUT2D eigenvalue weighted by molar-refractivity contribution is 0.121. The average molecular weight is 260 g/mol. The zero-order valence-electron chi connectivity index (χ0n) is 9.25. The Kier molecular flexibility index (Phi) is 3.95. The molecular weight excluding hydrogens is 245 g/mol. The SMILES string of the molecule is COC1CCN(c2cc(Cl)ccc2CCl)C1. The number of hydrogen-bond acceptors (Lipinski definition) is 2. The van der Waals surface area contributed by atoms with Gasteiger partial charge in [0.05, 0.1) is 6.10 Å². The molecule has 1 saturated heterocycles. The van der Waals surface area contributed by atoms with Crippen LogP contribution in [0, 0.1) is 0 Å². The van der Waals surface area contributed by atoms with Crippen LogP contribution in [0.25, 0.3) is 0 Å². The average Bonchev–Trinajstić information content (AvgIpc) is 2.77. The second-order valence-electron chi connectivity index (χ2n) is 4.00. The van der Waals surface area contributed by atoms with E-state index in [1.54, 1.807) is 7.11 Å². The topological polar surface area (TPSA) is 12.5 Å². The van der Waals surface area contributed by atoms with E-state index < -0.39 is 0 Å². The van der Waals surface area contributed by atoms with Crippen LogP contribution < -0.4 is 4.90 Å². The third-order valence-corrected chi connectivity index (χ3v) is 3.53. The van der Waals surface area contributed by atoms with E-state index in [1.165, 1.54) is 0 Å². The lowest BCUT2D eigenvalue weighted by Crippen LogP contribution is -2.23. The van der Waals surface area contributed by atoms with Gasteiger partial charge in [0.25, 0.3) is 0 Å². The van der Waals surface area contributed by atoms with Crippen molar-refractivity contribution in [3.63, 3.8) is 0 Å². The van der Waals surface area contributed by atoms with E-state index in [0.29, 0.717) is 12.0 Å². The van der Waals surface area contributed by atoms with Crippen LogP contribution in [0.4, 0.5) is 5.69 Å². The smallest absolute Gasteiger partial charge is 0.0762 e. The molecule has 0 N–H and O–H groups in total. The van der Waals surface area contributed by atoms with E-state index in [2.05, 4.69) is 4.90 Å². The second kappa shape index (κ2) is 5.26. The quantitative estimate of drug-likeness (QED) is 0.773. The van der Waals surface area contributed by atoms with Gasteiger partial charge in [-0.3, -0.25) is 0 Å². The van der Waals surface area contributed by atoms with Crippen molar-refractivity contribution < 1.29 is 4.74 Å². The third-order valence-electron chi connectivity index (χ3n) is 3.01. The van der Waals surface area contributed by atoms with Crippen molar-refractivity contribution in [2.45, 2.75) is 18.4 Å². The van der Waals surface area contributed by atoms with Crippen LogP contribution >= 0.6 is 23.2 Å². The van der Waals surface area contributed by atoms with Gasteiger partial charge in [0.1, 0.15) is 0 Å². The normalized spacial score (nSPS) is 20.4. The van der Waals surface area contributed by atoms with Crippen molar-refractivity contribution >= 4 is 28.9 Å². The number of benzene rings is 1. The summed E-state index contributed by atoms with van der Waals surface area (Å²) >= 11 is 12.0. The first-order chi connectivity index (χ1) is 7.74. The highest BCUT2D eigenvalue weighted by molar-refractivity contribution is 6.31. The Hall–Kier alpha value is -0.440. The number of rotatable bonds is 3. The fraction of sp³-hybridized carbons (Fsp3) is 0.500. The van der Waals surface area contributed by atoms with Gasteiger partial charge in [0.15, 0.2) is 0 Å². The van der Waals surface area contributed by atoms with Gasteiger partial charge >= 0.3 is 0 Å². The summed E-state index contributed by atoms with van der Waals surface area (Å²) in [7, 11) is 1.76. The fourth-order valence-corrected chi connectivity index (χ4v) is 2.48. The number of ether oxygens (including phenoxy) is 1. The van der Waals surface area contributed by atoms with Crippen molar-refractivity contribution in [3.05, 3.63) is 28.8 Å². The number of alkyl halides is 1. The number of methoxy groups -OCH3 is 1. The second-order valence-corrected chi connectivity index (χ2v) is 4.70. The lowest BCUT2D eigenvalue weighted by Gasteiger charge is -2.21. The van der Waals surface area contributed by atoms with Crippen LogP contribution in [0.2, 0.25) is 5.02 Å². The molecule has 1 fully saturated rings. The van der Waals surface area contributed by atoms with Crippen LogP contribution in [0.15, 0.2) is 18.2 Å². The van der Waals surface area contributed by atoms with E-state index in [9.17, 15) is 0 Å². The summed E-state index contributed by atoms with van der Waals surface area (Å²) < 4.78 is 5.36. The van der Waals surface area contributed by atoms with E-state index >= 15 is 0 Å². The number of halogens is 2. The van der Waals surface area contributed by atoms with Gasteiger partial charge < -0.3 is 9.64 Å². The molecule has 1 atom stereocenters. The molecule has 0 radical (unpaired) electrons. The Bertz CT molecular complexity index is 370. The van der Waals surface area contributed by atoms with Crippen LogP contribution in [0.1, 0.15) is 12.0 Å². The molecule has 88 valence electrons. The molecule has 0 aliphatic carbocycles. The first-order valence-electron chi connectivity index (χ1n) is 5.36. The largest absolute Gasteiger partial charge is 0.380 e. The molecule has 1 heterocycles. The molecule has 1 aliphatic heterocycles. The van der Waals surface area contributed by atoms with E-state index in [0.717, 1.165) is 35.8 Å². The summed E-state index contributed by atoms with van der Waals surface area (Å²) in [4.78, 5) is 2.29. The summed E-state index contributed by atoms with van der Waals surface area (Å²) in [6, 6.07) is 5.86. The highest BCUT2D eigenvalue weighted by Crippen LogP contribution is 2.29. The minimum Gasteiger partial charge on any atom is -0.380 e. The van der Waals surface area contributed by atoms with E-state index in [1.807, 2.05) is 18.2 Å². The summed E-state index contributed by atoms with van der Waals surface area (Å²) in [5, 5.41) is 0.754. The molecule has 1 unspecified atom stereocenters. The standard InChI is InChI=1S/C12H15Cl2NO/c1-16-11-4-5-15(8-11)12-6-10(14)3-2-9(12)7-13/h2-3,6,11H,4-5,7-8H2,1H3. The zero-order valence-corrected chi connectivity index (χ0v) is 10.8. The maximum absolute atomic E-state index is 6.02. The summed E-state index contributed by atoms with van der Waals surface area (Å²) in [6.07, 6.45) is 1.38. The number of anilines is 1. The van der Waals surface area contributed by atoms with Crippen molar-refractivity contribution in [1.82, 2.24) is 0 Å². The fourth-order valence-electron chi connectivity index (χ4n) is 2.08. The molecule has 0 bridgehead atoms. The molecule has 0 amide bonds. The molecule has 1 aliphatic rings. The summed E-state index contributed by atoms with van der Waals surface area (Å²) in [5.74, 6) is 0.515. The molecule has 2 nitrogen and oxygen atoms in total. The van der Waals surface area contributed by atoms with Gasteiger partial charge in [-0.15, -0.1) is 11.6 Å². The zero-order chi connectivity index (χ0) is 11.5. The minimum atomic E-state index is 0.321. The first-order valence-corrected chi connectivity index (χ1v) is 6.28. The van der Waals surface area contributed by atoms with E-state index in [4.69, 9.17) is 27.9 Å². The molecular formula is C12H15Cl2NO. The molecule has 16 heavy (non-hydrogen) atoms. The van der Waals surface area contributed by atoms with Crippen LogP contribution in [0.5, 0.6) is 0 Å². The van der Waals surface area contributed by atoms with Crippen LogP contribution in [-0.4, -0.2) is 26.3 Å². The maximum atomic E-state index is 6.02. The van der Waals surface area contributed by atoms with E-state index in [-0.39, 0.29) is 0 Å². The molecule has 2 rings (SSSR count). The van der Waals surface area contributed by atoms with Gasteiger partial charge in [-0.2, -0.15) is 0 Å². The molecule has 1 aromatic rings. The lowest BCUT2D eigenvalue weighted by atomic mass is 10.2. The van der Waals surface area contributed by atoms with Gasteiger partial charge in [0, 0.05) is 36.8 Å². The third kappa shape index (κ3) is 2.45. The summed E-state index contributed by atoms with van der Waals surface area (Å²) in [6.45, 7) is 1.92. The van der Waals surface area contributed by atoms with Crippen molar-refractivity contribution in [2.75, 3.05) is 25.1 Å². The van der Waals surface area contributed by atoms with Gasteiger partial charge in [0.2, 0.25) is 0 Å². The monoisotopic (exact) mass is 259 g/mol. The van der Waals surface area contributed by atoms with Crippen molar-refractivity contribution in [1.29, 1.82) is 0 Å². The minimum absolute atomic E-state index is 0.321. The molecule has 1 aromatic carbocycles. The highest BCUT2D eigenvalue weighted by Gasteiger charge is 2.23. The Balaban J connectivity index is 2.22. The number of nitrogens with zero attached hydrogens (tertiary/aromatic N) is 1. The molecule has 0 spiro atoms. The Morgan fingerprint density at radius 1 is 1.50 bits per heavy atom. The Morgan fingerprint density at radius 2 is 2.31 bits per heavy atom. The Morgan fingerprint density at radius 3 is 2.94 bits per heavy atom. The maximum Gasteiger partial charge on any atom is 0.0762 e. The molecule has 0 aromatic heterocycles. The highest BCUT2D eigenvalue weighted by atomic mass is 35.5. The van der Waals surface area contributed by atoms with Crippen molar-refractivity contribution in [2.24, 2.45) is 0 Å². The first kappa shape index (κ1) is 12.0. The molecule has 0 saturated carbocycles.